The van der Waals surface area contributed by atoms with Gasteiger partial charge in [0.05, 0.1) is 12.3 Å². The molecule has 0 saturated heterocycles. The highest BCUT2D eigenvalue weighted by molar-refractivity contribution is 5.42. The number of hydrogen-bond donors (Lipinski definition) is 2. The van der Waals surface area contributed by atoms with Crippen molar-refractivity contribution in [1.82, 2.24) is 19.9 Å². The molecule has 2 aromatic heterocycles. The average molecular weight is 262 g/mol. The summed E-state index contributed by atoms with van der Waals surface area (Å²) in [4.78, 5) is 4.44. The molecule has 0 aliphatic carbocycles. The van der Waals surface area contributed by atoms with E-state index in [0.29, 0.717) is 0 Å². The van der Waals surface area contributed by atoms with Crippen LogP contribution in [0.1, 0.15) is 43.3 Å². The van der Waals surface area contributed by atoms with Crippen LogP contribution in [-0.4, -0.2) is 32.4 Å². The van der Waals surface area contributed by atoms with Gasteiger partial charge in [-0.1, -0.05) is 6.92 Å². The van der Waals surface area contributed by atoms with Crippen molar-refractivity contribution in [3.63, 3.8) is 0 Å². The summed E-state index contributed by atoms with van der Waals surface area (Å²) in [7, 11) is 0. The number of rotatable bonds is 5. The average Bonchev–Trinajstić information content (AvgIpc) is 2.77. The molecule has 0 bridgehead atoms. The zero-order chi connectivity index (χ0) is 14.0. The number of aromatic nitrogens is 3. The maximum atomic E-state index is 9.27. The Morgan fingerprint density at radius 3 is 2.79 bits per heavy atom. The van der Waals surface area contributed by atoms with Crippen LogP contribution >= 0.6 is 0 Å². The molecule has 104 valence electrons. The standard InChI is InChI=1S/C14H22N4O/c1-5-12(8-19)16-10(3)13-7-15-14-6-9(2)17-18(14)11(13)4/h6-7,10,12,16,19H,5,8H2,1-4H3/t10?,12-/m1/s1. The highest BCUT2D eigenvalue weighted by Crippen LogP contribution is 2.18. The molecule has 2 N–H and O–H groups in total. The fraction of sp³-hybridized carbons (Fsp3) is 0.571. The molecule has 2 aromatic rings. The van der Waals surface area contributed by atoms with Crippen molar-refractivity contribution >= 4 is 5.65 Å². The van der Waals surface area contributed by atoms with Crippen LogP contribution in [0.2, 0.25) is 0 Å². The zero-order valence-electron chi connectivity index (χ0n) is 12.0. The predicted octanol–water partition coefficient (Wildman–Crippen LogP) is 1.77. The van der Waals surface area contributed by atoms with Gasteiger partial charge >= 0.3 is 0 Å². The van der Waals surface area contributed by atoms with Gasteiger partial charge in [0, 0.05) is 35.6 Å². The molecule has 2 atom stereocenters. The van der Waals surface area contributed by atoms with Gasteiger partial charge in [-0.3, -0.25) is 0 Å². The van der Waals surface area contributed by atoms with E-state index in [1.807, 2.05) is 23.7 Å². The summed E-state index contributed by atoms with van der Waals surface area (Å²) < 4.78 is 1.88. The molecule has 0 aliphatic rings. The molecular weight excluding hydrogens is 240 g/mol. The number of fused-ring (bicyclic) bond motifs is 1. The van der Waals surface area contributed by atoms with Gasteiger partial charge in [0.25, 0.3) is 0 Å². The van der Waals surface area contributed by atoms with E-state index in [9.17, 15) is 5.11 Å². The third-order valence-corrected chi connectivity index (χ3v) is 3.55. The fourth-order valence-electron chi connectivity index (χ4n) is 2.34. The third-order valence-electron chi connectivity index (χ3n) is 3.55. The SMILES string of the molecule is CC[C@H](CO)NC(C)c1cnc2cc(C)nn2c1C. The first-order valence-corrected chi connectivity index (χ1v) is 6.75. The van der Waals surface area contributed by atoms with E-state index in [-0.39, 0.29) is 18.7 Å². The third kappa shape index (κ3) is 2.77. The fourth-order valence-corrected chi connectivity index (χ4v) is 2.34. The van der Waals surface area contributed by atoms with Crippen LogP contribution in [0.3, 0.4) is 0 Å². The molecule has 2 rings (SSSR count). The molecule has 0 aromatic carbocycles. The molecule has 0 fully saturated rings. The normalized spacial score (nSPS) is 14.8. The van der Waals surface area contributed by atoms with Gasteiger partial charge in [0.15, 0.2) is 5.65 Å². The van der Waals surface area contributed by atoms with E-state index in [1.165, 1.54) is 0 Å². The molecule has 2 heterocycles. The number of aliphatic hydroxyl groups excluding tert-OH is 1. The van der Waals surface area contributed by atoms with Crippen molar-refractivity contribution in [1.29, 1.82) is 0 Å². The van der Waals surface area contributed by atoms with Crippen LogP contribution in [-0.2, 0) is 0 Å². The van der Waals surface area contributed by atoms with E-state index >= 15 is 0 Å². The van der Waals surface area contributed by atoms with Gasteiger partial charge in [0.1, 0.15) is 0 Å². The molecule has 0 spiro atoms. The van der Waals surface area contributed by atoms with Gasteiger partial charge < -0.3 is 10.4 Å². The first-order chi connectivity index (χ1) is 9.06. The van der Waals surface area contributed by atoms with Crippen LogP contribution in [0.4, 0.5) is 0 Å². The minimum atomic E-state index is 0.115. The maximum Gasteiger partial charge on any atom is 0.155 e. The van der Waals surface area contributed by atoms with Gasteiger partial charge in [-0.15, -0.1) is 0 Å². The van der Waals surface area contributed by atoms with E-state index in [4.69, 9.17) is 0 Å². The topological polar surface area (TPSA) is 62.5 Å². The lowest BCUT2D eigenvalue weighted by atomic mass is 10.1. The van der Waals surface area contributed by atoms with E-state index < -0.39 is 0 Å². The number of aliphatic hydroxyl groups is 1. The molecule has 0 aliphatic heterocycles. The largest absolute Gasteiger partial charge is 0.395 e. The summed E-state index contributed by atoms with van der Waals surface area (Å²) in [6.07, 6.45) is 2.80. The zero-order valence-corrected chi connectivity index (χ0v) is 12.0. The maximum absolute atomic E-state index is 9.27. The van der Waals surface area contributed by atoms with Gasteiger partial charge in [0.2, 0.25) is 0 Å². The smallest absolute Gasteiger partial charge is 0.155 e. The highest BCUT2D eigenvalue weighted by Gasteiger charge is 2.15. The molecule has 1 unspecified atom stereocenters. The van der Waals surface area contributed by atoms with Gasteiger partial charge in [-0.2, -0.15) is 5.10 Å². The Morgan fingerprint density at radius 1 is 1.42 bits per heavy atom. The quantitative estimate of drug-likeness (QED) is 0.862. The van der Waals surface area contributed by atoms with Crippen LogP contribution in [0.5, 0.6) is 0 Å². The summed E-state index contributed by atoms with van der Waals surface area (Å²) in [6.45, 7) is 8.32. The minimum Gasteiger partial charge on any atom is -0.395 e. The Hall–Kier alpha value is -1.46. The van der Waals surface area contributed by atoms with Crippen molar-refractivity contribution in [2.75, 3.05) is 6.61 Å². The molecule has 0 saturated carbocycles. The van der Waals surface area contributed by atoms with E-state index in [1.54, 1.807) is 0 Å². The molecular formula is C14H22N4O. The van der Waals surface area contributed by atoms with Crippen molar-refractivity contribution in [3.8, 4) is 0 Å². The Balaban J connectivity index is 2.31. The van der Waals surface area contributed by atoms with Crippen LogP contribution < -0.4 is 5.32 Å². The summed E-state index contributed by atoms with van der Waals surface area (Å²) in [5.74, 6) is 0. The lowest BCUT2D eigenvalue weighted by molar-refractivity contribution is 0.230. The summed E-state index contributed by atoms with van der Waals surface area (Å²) >= 11 is 0. The monoisotopic (exact) mass is 262 g/mol. The van der Waals surface area contributed by atoms with Crippen LogP contribution in [0.15, 0.2) is 12.3 Å². The lowest BCUT2D eigenvalue weighted by Gasteiger charge is -2.22. The second-order valence-corrected chi connectivity index (χ2v) is 5.03. The summed E-state index contributed by atoms with van der Waals surface area (Å²) in [6, 6.07) is 2.22. The predicted molar refractivity (Wildman–Crippen MR) is 75.2 cm³/mol. The van der Waals surface area contributed by atoms with E-state index in [0.717, 1.165) is 29.0 Å². The number of aryl methyl sites for hydroxylation is 2. The molecule has 0 radical (unpaired) electrons. The lowest BCUT2D eigenvalue weighted by Crippen LogP contribution is -2.34. The van der Waals surface area contributed by atoms with Crippen LogP contribution in [0, 0.1) is 13.8 Å². The van der Waals surface area contributed by atoms with Crippen molar-refractivity contribution in [2.24, 2.45) is 0 Å². The number of nitrogens with one attached hydrogen (secondary N) is 1. The molecule has 5 heteroatoms. The Bertz CT molecular complexity index is 560. The first kappa shape index (κ1) is 14.0. The number of nitrogens with zero attached hydrogens (tertiary/aromatic N) is 3. The Morgan fingerprint density at radius 2 is 2.16 bits per heavy atom. The number of hydrogen-bond acceptors (Lipinski definition) is 4. The first-order valence-electron chi connectivity index (χ1n) is 6.75. The van der Waals surface area contributed by atoms with Gasteiger partial charge in [-0.25, -0.2) is 9.50 Å². The van der Waals surface area contributed by atoms with Gasteiger partial charge in [-0.05, 0) is 27.2 Å². The molecule has 19 heavy (non-hydrogen) atoms. The van der Waals surface area contributed by atoms with E-state index in [2.05, 4.69) is 36.2 Å². The Labute approximate surface area is 113 Å². The molecule has 0 amide bonds. The molecule has 5 nitrogen and oxygen atoms in total. The second-order valence-electron chi connectivity index (χ2n) is 5.03. The Kier molecular flexibility index (Phi) is 4.17. The van der Waals surface area contributed by atoms with Crippen molar-refractivity contribution in [2.45, 2.75) is 46.2 Å². The van der Waals surface area contributed by atoms with Crippen LogP contribution in [0.25, 0.3) is 5.65 Å². The summed E-state index contributed by atoms with van der Waals surface area (Å²) in [5, 5.41) is 17.1. The highest BCUT2D eigenvalue weighted by atomic mass is 16.3. The van der Waals surface area contributed by atoms with Crippen molar-refractivity contribution in [3.05, 3.63) is 29.2 Å². The van der Waals surface area contributed by atoms with Crippen molar-refractivity contribution < 1.29 is 5.11 Å². The minimum absolute atomic E-state index is 0.115. The second kappa shape index (κ2) is 5.67. The summed E-state index contributed by atoms with van der Waals surface area (Å²) in [5.41, 5.74) is 4.05.